The van der Waals surface area contributed by atoms with Gasteiger partial charge in [0.15, 0.2) is 6.35 Å². The Morgan fingerprint density at radius 3 is 2.34 bits per heavy atom. The van der Waals surface area contributed by atoms with Crippen molar-refractivity contribution in [3.63, 3.8) is 0 Å². The van der Waals surface area contributed by atoms with Crippen LogP contribution in [0.25, 0.3) is 0 Å². The highest BCUT2D eigenvalue weighted by molar-refractivity contribution is 7.89. The van der Waals surface area contributed by atoms with E-state index in [4.69, 9.17) is 16.3 Å². The van der Waals surface area contributed by atoms with Crippen molar-refractivity contribution in [1.29, 1.82) is 0 Å². The number of aliphatic hydroxyl groups is 1. The summed E-state index contributed by atoms with van der Waals surface area (Å²) in [5, 5.41) is 16.0. The van der Waals surface area contributed by atoms with Crippen LogP contribution in [0.1, 0.15) is 64.8 Å². The summed E-state index contributed by atoms with van der Waals surface area (Å²) in [6.07, 6.45) is 4.53. The molecule has 3 fully saturated rings. The molecule has 2 atom stereocenters. The highest BCUT2D eigenvalue weighted by Crippen LogP contribution is 2.45. The van der Waals surface area contributed by atoms with Crippen LogP contribution in [0, 0.1) is 5.92 Å². The number of pyridine rings is 1. The summed E-state index contributed by atoms with van der Waals surface area (Å²) < 4.78 is 67.2. The number of hydrogen-bond donors (Lipinski definition) is 3. The number of ether oxygens (including phenoxy) is 1. The molecule has 1 unspecified atom stereocenters. The number of carbonyl (C=O) groups is 2. The smallest absolute Gasteiger partial charge is 0.407 e. The number of imidazole rings is 1. The second-order valence-electron chi connectivity index (χ2n) is 14.7. The predicted molar refractivity (Wildman–Crippen MR) is 193 cm³/mol. The van der Waals surface area contributed by atoms with Gasteiger partial charge in [0.25, 0.3) is 5.92 Å². The minimum absolute atomic E-state index is 0.0498. The fourth-order valence-electron chi connectivity index (χ4n) is 7.04. The van der Waals surface area contributed by atoms with Crippen molar-refractivity contribution in [2.45, 2.75) is 87.7 Å². The number of alkyl halides is 2. The quantitative estimate of drug-likeness (QED) is 0.198. The molecule has 3 N–H and O–H groups in total. The van der Waals surface area contributed by atoms with E-state index in [-0.39, 0.29) is 85.4 Å². The molecule has 1 saturated carbocycles. The monoisotopic (exact) mass is 778 g/mol. The van der Waals surface area contributed by atoms with Crippen molar-refractivity contribution in [1.82, 2.24) is 29.5 Å². The maximum absolute atomic E-state index is 15.9. The number of carbonyl (C=O) groups excluding carboxylic acids is 2. The number of nitrogens with zero attached hydrogens (tertiary/aromatic N) is 6. The van der Waals surface area contributed by atoms with Gasteiger partial charge in [-0.2, -0.15) is 4.31 Å². The topological polar surface area (TPSA) is 162 Å². The number of amides is 2. The molecule has 1 aliphatic carbocycles. The number of rotatable bonds is 10. The molecule has 1 aromatic carbocycles. The lowest BCUT2D eigenvalue weighted by Crippen LogP contribution is -2.49. The summed E-state index contributed by atoms with van der Waals surface area (Å²) in [7, 11) is -3.91. The Morgan fingerprint density at radius 1 is 1.04 bits per heavy atom. The van der Waals surface area contributed by atoms with Gasteiger partial charge in [-0.05, 0) is 82.9 Å². The molecular formula is C35H45ClF2N8O6S. The van der Waals surface area contributed by atoms with E-state index in [9.17, 15) is 23.1 Å². The molecule has 14 nitrogen and oxygen atoms in total. The number of anilines is 2. The number of piperazine rings is 1. The highest BCUT2D eigenvalue weighted by atomic mass is 35.5. The van der Waals surface area contributed by atoms with Crippen LogP contribution in [-0.4, -0.2) is 94.8 Å². The first-order valence-electron chi connectivity index (χ1n) is 17.6. The third kappa shape index (κ3) is 9.08. The molecule has 2 saturated heterocycles. The van der Waals surface area contributed by atoms with Gasteiger partial charge >= 0.3 is 6.09 Å². The molecule has 6 rings (SSSR count). The van der Waals surface area contributed by atoms with E-state index >= 15 is 8.78 Å². The van der Waals surface area contributed by atoms with Gasteiger partial charge in [0.1, 0.15) is 16.6 Å². The molecular weight excluding hydrogens is 734 g/mol. The molecule has 2 aliphatic heterocycles. The number of nitrogens with one attached hydrogen (secondary N) is 2. The number of aromatic nitrogens is 3. The molecule has 53 heavy (non-hydrogen) atoms. The van der Waals surface area contributed by atoms with Crippen LogP contribution < -0.4 is 20.4 Å². The average molecular weight is 779 g/mol. The van der Waals surface area contributed by atoms with Gasteiger partial charge in [0.2, 0.25) is 15.9 Å². The molecule has 0 bridgehead atoms. The SMILES string of the molecule is CC(C)(C)OC(=O)N[C@@H]1CC(=O)N(c2ccc(S(=O)(=O)N3CCN(c4cc(C(F)(F)C5CCC(NC(O)n6ccnc6)CC5)cc(Cl)n4)CC3)cc2)C1. The highest BCUT2D eigenvalue weighted by Gasteiger charge is 2.44. The fourth-order valence-corrected chi connectivity index (χ4v) is 8.67. The Hall–Kier alpha value is -3.90. The van der Waals surface area contributed by atoms with Crippen molar-refractivity contribution in [2.24, 2.45) is 5.92 Å². The fraction of sp³-hybridized carbons (Fsp3) is 0.543. The molecule has 3 aliphatic rings. The summed E-state index contributed by atoms with van der Waals surface area (Å²) in [5.41, 5.74) is -0.413. The van der Waals surface area contributed by atoms with Crippen molar-refractivity contribution >= 4 is 45.1 Å². The van der Waals surface area contributed by atoms with Gasteiger partial charge in [-0.3, -0.25) is 14.7 Å². The molecule has 288 valence electrons. The molecule has 0 radical (unpaired) electrons. The number of aliphatic hydroxyl groups excluding tert-OH is 1. The van der Waals surface area contributed by atoms with E-state index in [2.05, 4.69) is 20.6 Å². The van der Waals surface area contributed by atoms with E-state index in [1.54, 1.807) is 50.2 Å². The molecule has 2 amide bonds. The Bertz CT molecular complexity index is 1860. The molecule has 18 heteroatoms. The standard InChI is InChI=1S/C35H45ClF2N8O6S/c1-34(2,3)52-33(49)41-26-20-31(47)46(21-26)27-8-10-28(11-9-27)53(50,51)45-16-14-43(15-17-45)30-19-24(18-29(36)42-30)35(37,38)23-4-6-25(7-5-23)40-32(48)44-13-12-39-22-44/h8-13,18-19,22-23,25-26,32,40,48H,4-7,14-17,20-21H2,1-3H3,(H,41,49)/t23?,25?,26-,32?/m1/s1. The number of sulfonamides is 1. The molecule has 3 aromatic rings. The van der Waals surface area contributed by atoms with E-state index in [1.165, 1.54) is 44.4 Å². The van der Waals surface area contributed by atoms with Crippen LogP contribution >= 0.6 is 11.6 Å². The third-order valence-electron chi connectivity index (χ3n) is 9.79. The Kier molecular flexibility index (Phi) is 11.3. The van der Waals surface area contributed by atoms with E-state index < -0.39 is 46.0 Å². The molecule has 2 aromatic heterocycles. The first-order chi connectivity index (χ1) is 25.0. The normalized spacial score (nSPS) is 22.5. The number of hydrogen-bond acceptors (Lipinski definition) is 10. The minimum Gasteiger partial charge on any atom is -0.444 e. The van der Waals surface area contributed by atoms with Crippen LogP contribution in [0.2, 0.25) is 5.15 Å². The maximum atomic E-state index is 15.9. The molecule has 4 heterocycles. The minimum atomic E-state index is -3.91. The Morgan fingerprint density at radius 2 is 1.72 bits per heavy atom. The lowest BCUT2D eigenvalue weighted by Gasteiger charge is -2.36. The van der Waals surface area contributed by atoms with Gasteiger partial charge in [0, 0.05) is 74.7 Å². The first kappa shape index (κ1) is 38.8. The van der Waals surface area contributed by atoms with E-state index in [0.29, 0.717) is 18.5 Å². The summed E-state index contributed by atoms with van der Waals surface area (Å²) in [6.45, 7) is 6.06. The van der Waals surface area contributed by atoms with Gasteiger partial charge in [-0.15, -0.1) is 0 Å². The maximum Gasteiger partial charge on any atom is 0.407 e. The van der Waals surface area contributed by atoms with E-state index in [1.807, 2.05) is 0 Å². The van der Waals surface area contributed by atoms with Crippen LogP contribution in [0.5, 0.6) is 0 Å². The number of halogens is 3. The average Bonchev–Trinajstić information content (AvgIpc) is 3.78. The van der Waals surface area contributed by atoms with Crippen LogP contribution in [0.3, 0.4) is 0 Å². The second-order valence-corrected chi connectivity index (χ2v) is 17.0. The van der Waals surface area contributed by atoms with Crippen molar-refractivity contribution in [3.8, 4) is 0 Å². The summed E-state index contributed by atoms with van der Waals surface area (Å²) in [6, 6.07) is 7.95. The van der Waals surface area contributed by atoms with Gasteiger partial charge in [-0.25, -0.2) is 32.0 Å². The van der Waals surface area contributed by atoms with Gasteiger partial charge in [0.05, 0.1) is 17.3 Å². The zero-order valence-corrected chi connectivity index (χ0v) is 31.4. The predicted octanol–water partition coefficient (Wildman–Crippen LogP) is 4.46. The summed E-state index contributed by atoms with van der Waals surface area (Å²) in [5.74, 6) is -4.06. The number of benzene rings is 1. The Balaban J connectivity index is 1.03. The van der Waals surface area contributed by atoms with Crippen LogP contribution in [0.4, 0.5) is 25.1 Å². The summed E-state index contributed by atoms with van der Waals surface area (Å²) in [4.78, 5) is 36.4. The van der Waals surface area contributed by atoms with Crippen LogP contribution in [0.15, 0.2) is 60.0 Å². The van der Waals surface area contributed by atoms with Crippen molar-refractivity contribution in [2.75, 3.05) is 42.5 Å². The van der Waals surface area contributed by atoms with Crippen molar-refractivity contribution in [3.05, 3.63) is 65.8 Å². The first-order valence-corrected chi connectivity index (χ1v) is 19.4. The number of alkyl carbamates (subject to hydrolysis) is 1. The zero-order valence-electron chi connectivity index (χ0n) is 29.8. The van der Waals surface area contributed by atoms with Gasteiger partial charge in [-0.1, -0.05) is 11.6 Å². The largest absolute Gasteiger partial charge is 0.444 e. The lowest BCUT2D eigenvalue weighted by atomic mass is 9.80. The zero-order chi connectivity index (χ0) is 38.1. The van der Waals surface area contributed by atoms with Gasteiger partial charge < -0.3 is 25.0 Å². The second kappa shape index (κ2) is 15.5. The van der Waals surface area contributed by atoms with Crippen molar-refractivity contribution < 1.29 is 36.6 Å². The molecule has 0 spiro atoms. The summed E-state index contributed by atoms with van der Waals surface area (Å²) >= 11 is 6.28. The Labute approximate surface area is 312 Å². The van der Waals surface area contributed by atoms with Crippen LogP contribution in [-0.2, 0) is 25.5 Å². The van der Waals surface area contributed by atoms with E-state index in [0.717, 1.165) is 0 Å². The third-order valence-corrected chi connectivity index (χ3v) is 11.9. The lowest BCUT2D eigenvalue weighted by molar-refractivity contribution is -0.117.